The minimum absolute atomic E-state index is 0.0414. The number of nitrogens with zero attached hydrogens (tertiary/aromatic N) is 1. The van der Waals surface area contributed by atoms with E-state index in [4.69, 9.17) is 12.2 Å². The van der Waals surface area contributed by atoms with Gasteiger partial charge in [0.2, 0.25) is 0 Å². The second-order valence-corrected chi connectivity index (χ2v) is 6.40. The maximum atomic E-state index is 5.37. The van der Waals surface area contributed by atoms with Gasteiger partial charge in [-0.05, 0) is 30.4 Å². The highest BCUT2D eigenvalue weighted by Gasteiger charge is 2.42. The molecular weight excluding hydrogens is 264 g/mol. The zero-order valence-corrected chi connectivity index (χ0v) is 12.8. The summed E-state index contributed by atoms with van der Waals surface area (Å²) in [6, 6.07) is 12.7. The zero-order chi connectivity index (χ0) is 14.2. The summed E-state index contributed by atoms with van der Waals surface area (Å²) in [7, 11) is 0. The first-order valence-electron chi connectivity index (χ1n) is 7.29. The third-order valence-corrected chi connectivity index (χ3v) is 4.58. The maximum Gasteiger partial charge on any atom is 0.130 e. The lowest BCUT2D eigenvalue weighted by atomic mass is 9.64. The monoisotopic (exact) mass is 284 g/mol. The van der Waals surface area contributed by atoms with Crippen molar-refractivity contribution in [2.45, 2.75) is 44.4 Å². The van der Waals surface area contributed by atoms with Gasteiger partial charge in [-0.3, -0.25) is 0 Å². The van der Waals surface area contributed by atoms with Gasteiger partial charge in [-0.2, -0.15) is 0 Å². The highest BCUT2D eigenvalue weighted by atomic mass is 32.1. The predicted molar refractivity (Wildman–Crippen MR) is 84.6 cm³/mol. The van der Waals surface area contributed by atoms with Crippen LogP contribution in [0.25, 0.3) is 0 Å². The first kappa shape index (κ1) is 13.5. The number of H-pyrrole nitrogens is 1. The summed E-state index contributed by atoms with van der Waals surface area (Å²) in [6.07, 6.45) is 3.55. The van der Waals surface area contributed by atoms with Gasteiger partial charge in [0.1, 0.15) is 10.5 Å². The lowest BCUT2D eigenvalue weighted by Crippen LogP contribution is -2.37. The van der Waals surface area contributed by atoms with Crippen molar-refractivity contribution in [3.63, 3.8) is 0 Å². The van der Waals surface area contributed by atoms with E-state index in [0.717, 1.165) is 18.7 Å². The van der Waals surface area contributed by atoms with Crippen LogP contribution in [0, 0.1) is 4.64 Å². The van der Waals surface area contributed by atoms with Gasteiger partial charge in [-0.15, -0.1) is 0 Å². The number of aromatic amines is 1. The van der Waals surface area contributed by atoms with Crippen molar-refractivity contribution in [3.8, 4) is 0 Å². The fourth-order valence-corrected chi connectivity index (χ4v) is 3.18. The Morgan fingerprint density at radius 1 is 1.20 bits per heavy atom. The van der Waals surface area contributed by atoms with Crippen LogP contribution < -0.4 is 0 Å². The summed E-state index contributed by atoms with van der Waals surface area (Å²) in [5.41, 5.74) is 2.58. The van der Waals surface area contributed by atoms with Crippen LogP contribution in [0.5, 0.6) is 0 Å². The zero-order valence-electron chi connectivity index (χ0n) is 12.0. The fourth-order valence-electron chi connectivity index (χ4n) is 2.96. The van der Waals surface area contributed by atoms with Gasteiger partial charge in [-0.1, -0.05) is 62.8 Å². The Bertz CT molecular complexity index is 654. The molecule has 0 aliphatic heterocycles. The Balaban J connectivity index is 2.13. The molecule has 2 aromatic rings. The first-order valence-corrected chi connectivity index (χ1v) is 7.70. The number of rotatable bonds is 3. The largest absolute Gasteiger partial charge is 0.346 e. The minimum atomic E-state index is 0.0414. The SMILES string of the molecule is CC(C)c1cc(=S)nc(C2(c3ccccc3)CCC2)[nH]1. The molecule has 1 heterocycles. The van der Waals surface area contributed by atoms with Crippen LogP contribution in [0.1, 0.15) is 56.1 Å². The number of benzene rings is 1. The standard InChI is InChI=1S/C17H20N2S/c1-12(2)14-11-15(20)19-16(18-14)17(9-6-10-17)13-7-4-3-5-8-13/h3-5,7-8,11-12H,6,9-10H2,1-2H3,(H,18,19,20). The van der Waals surface area contributed by atoms with Gasteiger partial charge >= 0.3 is 0 Å². The highest BCUT2D eigenvalue weighted by molar-refractivity contribution is 7.71. The Kier molecular flexibility index (Phi) is 3.47. The molecule has 2 nitrogen and oxygen atoms in total. The fraction of sp³-hybridized carbons (Fsp3) is 0.412. The van der Waals surface area contributed by atoms with Crippen molar-refractivity contribution < 1.29 is 0 Å². The molecule has 1 N–H and O–H groups in total. The van der Waals surface area contributed by atoms with E-state index in [9.17, 15) is 0 Å². The second kappa shape index (κ2) is 5.13. The van der Waals surface area contributed by atoms with E-state index in [1.54, 1.807) is 0 Å². The van der Waals surface area contributed by atoms with Crippen molar-refractivity contribution in [2.75, 3.05) is 0 Å². The minimum Gasteiger partial charge on any atom is -0.346 e. The molecule has 1 saturated carbocycles. The van der Waals surface area contributed by atoms with Crippen molar-refractivity contribution in [3.05, 3.63) is 58.1 Å². The van der Waals surface area contributed by atoms with Crippen LogP contribution in [0.3, 0.4) is 0 Å². The van der Waals surface area contributed by atoms with Crippen LogP contribution in [0.4, 0.5) is 0 Å². The molecule has 0 atom stereocenters. The third-order valence-electron chi connectivity index (χ3n) is 4.37. The van der Waals surface area contributed by atoms with Gasteiger partial charge < -0.3 is 4.98 Å². The van der Waals surface area contributed by atoms with E-state index >= 15 is 0 Å². The molecule has 0 saturated heterocycles. The predicted octanol–water partition coefficient (Wildman–Crippen LogP) is 4.73. The van der Waals surface area contributed by atoms with E-state index < -0.39 is 0 Å². The lowest BCUT2D eigenvalue weighted by Gasteiger charge is -2.41. The molecule has 0 bridgehead atoms. The summed E-state index contributed by atoms with van der Waals surface area (Å²) < 4.78 is 0.699. The third kappa shape index (κ3) is 2.20. The lowest BCUT2D eigenvalue weighted by molar-refractivity contribution is 0.284. The molecule has 3 heteroatoms. The van der Waals surface area contributed by atoms with Crippen LogP contribution in [-0.2, 0) is 5.41 Å². The number of nitrogens with one attached hydrogen (secondary N) is 1. The molecule has 104 valence electrons. The quantitative estimate of drug-likeness (QED) is 0.825. The highest BCUT2D eigenvalue weighted by Crippen LogP contribution is 2.47. The molecular formula is C17H20N2S. The summed E-state index contributed by atoms with van der Waals surface area (Å²) >= 11 is 5.37. The summed E-state index contributed by atoms with van der Waals surface area (Å²) in [6.45, 7) is 4.36. The summed E-state index contributed by atoms with van der Waals surface area (Å²) in [4.78, 5) is 8.19. The average molecular weight is 284 g/mol. The smallest absolute Gasteiger partial charge is 0.130 e. The van der Waals surface area contributed by atoms with Crippen LogP contribution in [0.15, 0.2) is 36.4 Å². The summed E-state index contributed by atoms with van der Waals surface area (Å²) in [5.74, 6) is 1.48. The van der Waals surface area contributed by atoms with Crippen molar-refractivity contribution in [2.24, 2.45) is 0 Å². The van der Waals surface area contributed by atoms with Crippen LogP contribution in [0.2, 0.25) is 0 Å². The molecule has 1 aromatic heterocycles. The van der Waals surface area contributed by atoms with Crippen molar-refractivity contribution >= 4 is 12.2 Å². The molecule has 1 aliphatic rings. The molecule has 3 rings (SSSR count). The van der Waals surface area contributed by atoms with Gasteiger partial charge in [-0.25, -0.2) is 4.98 Å². The Morgan fingerprint density at radius 3 is 2.45 bits per heavy atom. The second-order valence-electron chi connectivity index (χ2n) is 5.98. The van der Waals surface area contributed by atoms with Gasteiger partial charge in [0.05, 0.1) is 5.41 Å². The Labute approximate surface area is 125 Å². The maximum absolute atomic E-state index is 5.37. The van der Waals surface area contributed by atoms with E-state index in [1.165, 1.54) is 17.7 Å². The van der Waals surface area contributed by atoms with Crippen LogP contribution >= 0.6 is 12.2 Å². The van der Waals surface area contributed by atoms with E-state index in [0.29, 0.717) is 10.6 Å². The van der Waals surface area contributed by atoms with Gasteiger partial charge in [0, 0.05) is 5.69 Å². The van der Waals surface area contributed by atoms with Crippen LogP contribution in [-0.4, -0.2) is 9.97 Å². The molecule has 1 aliphatic carbocycles. The van der Waals surface area contributed by atoms with Crippen molar-refractivity contribution in [1.82, 2.24) is 9.97 Å². The van der Waals surface area contributed by atoms with Gasteiger partial charge in [0.25, 0.3) is 0 Å². The normalized spacial score (nSPS) is 16.9. The van der Waals surface area contributed by atoms with E-state index in [2.05, 4.69) is 54.1 Å². The molecule has 20 heavy (non-hydrogen) atoms. The molecule has 0 unspecified atom stereocenters. The number of hydrogen-bond donors (Lipinski definition) is 1. The van der Waals surface area contributed by atoms with Gasteiger partial charge in [0.15, 0.2) is 0 Å². The topological polar surface area (TPSA) is 28.7 Å². The van der Waals surface area contributed by atoms with E-state index in [-0.39, 0.29) is 5.41 Å². The Hall–Kier alpha value is -1.48. The number of aromatic nitrogens is 2. The molecule has 0 spiro atoms. The molecule has 0 radical (unpaired) electrons. The van der Waals surface area contributed by atoms with E-state index in [1.807, 2.05) is 6.07 Å². The first-order chi connectivity index (χ1) is 9.62. The van der Waals surface area contributed by atoms with Crippen molar-refractivity contribution in [1.29, 1.82) is 0 Å². The Morgan fingerprint density at radius 2 is 1.90 bits per heavy atom. The summed E-state index contributed by atoms with van der Waals surface area (Å²) in [5, 5.41) is 0. The number of hydrogen-bond acceptors (Lipinski definition) is 2. The molecule has 1 fully saturated rings. The molecule has 1 aromatic carbocycles. The molecule has 0 amide bonds. The average Bonchev–Trinajstić information content (AvgIpc) is 2.38.